The number of nitrogens with zero attached hydrogens (tertiary/aromatic N) is 2. The zero-order valence-electron chi connectivity index (χ0n) is 10.4. The lowest BCUT2D eigenvalue weighted by molar-refractivity contribution is 0.0669. The summed E-state index contributed by atoms with van der Waals surface area (Å²) in [6, 6.07) is 1.68. The average molecular weight is 336 g/mol. The molecule has 1 rings (SSSR count). The quantitative estimate of drug-likeness (QED) is 0.593. The van der Waals surface area contributed by atoms with Gasteiger partial charge in [-0.3, -0.25) is 4.79 Å². The van der Waals surface area contributed by atoms with E-state index in [1.807, 2.05) is 13.8 Å². The number of likely N-dealkylation sites (N-methyl/N-ethyl adjacent to an activating group) is 1. The van der Waals surface area contributed by atoms with E-state index in [0.717, 1.165) is 4.47 Å². The van der Waals surface area contributed by atoms with E-state index in [0.29, 0.717) is 31.9 Å². The van der Waals surface area contributed by atoms with Gasteiger partial charge in [0, 0.05) is 30.4 Å². The van der Waals surface area contributed by atoms with Gasteiger partial charge in [0.15, 0.2) is 0 Å². The van der Waals surface area contributed by atoms with Crippen molar-refractivity contribution < 1.29 is 9.53 Å². The minimum absolute atomic E-state index is 0.129. The van der Waals surface area contributed by atoms with Crippen molar-refractivity contribution in [2.45, 2.75) is 13.8 Å². The fourth-order valence-corrected chi connectivity index (χ4v) is 1.98. The van der Waals surface area contributed by atoms with Crippen LogP contribution in [0.25, 0.3) is 0 Å². The molecule has 0 saturated heterocycles. The van der Waals surface area contributed by atoms with Crippen LogP contribution in [0.2, 0.25) is 5.15 Å². The third-order valence-corrected chi connectivity index (χ3v) is 3.15. The topological polar surface area (TPSA) is 42.4 Å². The first-order chi connectivity index (χ1) is 8.60. The van der Waals surface area contributed by atoms with E-state index in [9.17, 15) is 4.79 Å². The molecule has 0 bridgehead atoms. The lowest BCUT2D eigenvalue weighted by Crippen LogP contribution is -2.34. The molecule has 1 heterocycles. The maximum atomic E-state index is 12.3. The molecule has 1 aromatic heterocycles. The number of carbonyl (C=O) groups excluding carboxylic acids is 1. The van der Waals surface area contributed by atoms with Gasteiger partial charge < -0.3 is 9.64 Å². The lowest BCUT2D eigenvalue weighted by atomic mass is 10.2. The number of rotatable bonds is 6. The van der Waals surface area contributed by atoms with Crippen molar-refractivity contribution in [3.05, 3.63) is 27.5 Å². The van der Waals surface area contributed by atoms with Crippen LogP contribution in [0, 0.1) is 0 Å². The summed E-state index contributed by atoms with van der Waals surface area (Å²) in [7, 11) is 0. The molecule has 0 atom stereocenters. The normalized spacial score (nSPS) is 10.4. The number of hydrogen-bond donors (Lipinski definition) is 0. The highest BCUT2D eigenvalue weighted by Gasteiger charge is 2.18. The van der Waals surface area contributed by atoms with Gasteiger partial charge in [0.1, 0.15) is 5.15 Å². The van der Waals surface area contributed by atoms with Gasteiger partial charge in [-0.2, -0.15) is 0 Å². The van der Waals surface area contributed by atoms with Gasteiger partial charge in [0.25, 0.3) is 5.91 Å². The molecule has 6 heteroatoms. The largest absolute Gasteiger partial charge is 0.380 e. The van der Waals surface area contributed by atoms with Gasteiger partial charge in [-0.25, -0.2) is 4.98 Å². The van der Waals surface area contributed by atoms with Crippen molar-refractivity contribution in [3.8, 4) is 0 Å². The number of carbonyl (C=O) groups is 1. The summed E-state index contributed by atoms with van der Waals surface area (Å²) in [5.74, 6) is -0.129. The molecular formula is C12H16BrClN2O2. The van der Waals surface area contributed by atoms with Crippen molar-refractivity contribution in [3.63, 3.8) is 0 Å². The second-order valence-corrected chi connectivity index (χ2v) is 4.85. The first kappa shape index (κ1) is 15.4. The van der Waals surface area contributed by atoms with Crippen LogP contribution in [0.15, 0.2) is 16.7 Å². The summed E-state index contributed by atoms with van der Waals surface area (Å²) < 4.78 is 5.99. The van der Waals surface area contributed by atoms with E-state index in [2.05, 4.69) is 20.9 Å². The standard InChI is InChI=1S/C12H16BrClN2O2/c1-3-16(5-6-18-4-2)12(17)10-7-9(13)8-15-11(10)14/h7-8H,3-6H2,1-2H3. The van der Waals surface area contributed by atoms with Crippen LogP contribution in [-0.2, 0) is 4.74 Å². The molecule has 0 aliphatic heterocycles. The number of ether oxygens (including phenoxy) is 1. The minimum atomic E-state index is -0.129. The van der Waals surface area contributed by atoms with Crippen molar-refractivity contribution >= 4 is 33.4 Å². The predicted molar refractivity (Wildman–Crippen MR) is 75.0 cm³/mol. The fourth-order valence-electron chi connectivity index (χ4n) is 1.47. The van der Waals surface area contributed by atoms with Crippen LogP contribution in [0.5, 0.6) is 0 Å². The maximum absolute atomic E-state index is 12.3. The van der Waals surface area contributed by atoms with Gasteiger partial charge in [0.05, 0.1) is 12.2 Å². The molecule has 0 unspecified atom stereocenters. The van der Waals surface area contributed by atoms with E-state index < -0.39 is 0 Å². The predicted octanol–water partition coefficient (Wildman–Crippen LogP) is 3.00. The summed E-state index contributed by atoms with van der Waals surface area (Å²) in [4.78, 5) is 17.9. The molecule has 0 saturated carbocycles. The van der Waals surface area contributed by atoms with Gasteiger partial charge in [0.2, 0.25) is 0 Å². The van der Waals surface area contributed by atoms with Crippen LogP contribution in [0.3, 0.4) is 0 Å². The molecule has 4 nitrogen and oxygen atoms in total. The molecule has 0 N–H and O–H groups in total. The molecule has 0 aliphatic rings. The fraction of sp³-hybridized carbons (Fsp3) is 0.500. The number of amides is 1. The van der Waals surface area contributed by atoms with Crippen molar-refractivity contribution in [1.29, 1.82) is 0 Å². The lowest BCUT2D eigenvalue weighted by Gasteiger charge is -2.21. The Bertz CT molecular complexity index is 415. The zero-order chi connectivity index (χ0) is 13.5. The SMILES string of the molecule is CCOCCN(CC)C(=O)c1cc(Br)cnc1Cl. The van der Waals surface area contributed by atoms with Gasteiger partial charge >= 0.3 is 0 Å². The summed E-state index contributed by atoms with van der Waals surface area (Å²) >= 11 is 9.23. The zero-order valence-corrected chi connectivity index (χ0v) is 12.8. The van der Waals surface area contributed by atoms with Crippen LogP contribution in [-0.4, -0.2) is 42.1 Å². The molecule has 1 amide bonds. The molecule has 1 aromatic rings. The van der Waals surface area contributed by atoms with Crippen LogP contribution < -0.4 is 0 Å². The van der Waals surface area contributed by atoms with E-state index in [4.69, 9.17) is 16.3 Å². The Morgan fingerprint density at radius 3 is 2.89 bits per heavy atom. The Morgan fingerprint density at radius 2 is 2.28 bits per heavy atom. The monoisotopic (exact) mass is 334 g/mol. The Kier molecular flexibility index (Phi) is 6.60. The Labute approximate surface area is 120 Å². The number of halogens is 2. The Hall–Kier alpha value is -0.650. The second-order valence-electron chi connectivity index (χ2n) is 3.57. The van der Waals surface area contributed by atoms with Crippen molar-refractivity contribution in [2.75, 3.05) is 26.3 Å². The minimum Gasteiger partial charge on any atom is -0.380 e. The highest BCUT2D eigenvalue weighted by molar-refractivity contribution is 9.10. The molecule has 0 aliphatic carbocycles. The first-order valence-electron chi connectivity index (χ1n) is 5.78. The summed E-state index contributed by atoms with van der Waals surface area (Å²) in [6.07, 6.45) is 1.57. The van der Waals surface area contributed by atoms with Crippen LogP contribution in [0.1, 0.15) is 24.2 Å². The van der Waals surface area contributed by atoms with Crippen molar-refractivity contribution in [1.82, 2.24) is 9.88 Å². The molecular weight excluding hydrogens is 320 g/mol. The van der Waals surface area contributed by atoms with Crippen LogP contribution >= 0.6 is 27.5 Å². The third kappa shape index (κ3) is 4.23. The van der Waals surface area contributed by atoms with E-state index in [1.54, 1.807) is 17.2 Å². The first-order valence-corrected chi connectivity index (χ1v) is 6.95. The smallest absolute Gasteiger partial charge is 0.257 e. The summed E-state index contributed by atoms with van der Waals surface area (Å²) in [5.41, 5.74) is 0.407. The molecule has 0 spiro atoms. The number of aromatic nitrogens is 1. The van der Waals surface area contributed by atoms with E-state index >= 15 is 0 Å². The van der Waals surface area contributed by atoms with E-state index in [-0.39, 0.29) is 11.1 Å². The Balaban J connectivity index is 2.79. The molecule has 0 radical (unpaired) electrons. The Morgan fingerprint density at radius 1 is 1.56 bits per heavy atom. The molecule has 100 valence electrons. The highest BCUT2D eigenvalue weighted by Crippen LogP contribution is 2.19. The molecule has 18 heavy (non-hydrogen) atoms. The number of pyridine rings is 1. The number of hydrogen-bond acceptors (Lipinski definition) is 3. The summed E-state index contributed by atoms with van der Waals surface area (Å²) in [5, 5.41) is 0.220. The average Bonchev–Trinajstić information content (AvgIpc) is 2.37. The van der Waals surface area contributed by atoms with Gasteiger partial charge in [-0.1, -0.05) is 11.6 Å². The second kappa shape index (κ2) is 7.71. The molecule has 0 fully saturated rings. The highest BCUT2D eigenvalue weighted by atomic mass is 79.9. The summed E-state index contributed by atoms with van der Waals surface area (Å²) in [6.45, 7) is 6.16. The maximum Gasteiger partial charge on any atom is 0.257 e. The van der Waals surface area contributed by atoms with E-state index in [1.165, 1.54) is 0 Å². The molecule has 0 aromatic carbocycles. The van der Waals surface area contributed by atoms with Crippen molar-refractivity contribution in [2.24, 2.45) is 0 Å². The third-order valence-electron chi connectivity index (χ3n) is 2.41. The van der Waals surface area contributed by atoms with Gasteiger partial charge in [-0.15, -0.1) is 0 Å². The van der Waals surface area contributed by atoms with Gasteiger partial charge in [-0.05, 0) is 35.8 Å². The van der Waals surface area contributed by atoms with Crippen LogP contribution in [0.4, 0.5) is 0 Å².